The molecule has 9 heteroatoms. The lowest BCUT2D eigenvalue weighted by Crippen LogP contribution is -2.60. The number of unbranched alkanes of at least 4 members (excludes halogenated alkanes) is 24. The maximum atomic E-state index is 12.8. The van der Waals surface area contributed by atoms with Crippen LogP contribution < -0.4 is 5.32 Å². The van der Waals surface area contributed by atoms with E-state index in [9.17, 15) is 30.3 Å². The van der Waals surface area contributed by atoms with Crippen molar-refractivity contribution in [2.75, 3.05) is 13.2 Å². The Morgan fingerprint density at radius 2 is 1.08 bits per heavy atom. The van der Waals surface area contributed by atoms with Gasteiger partial charge in [-0.2, -0.15) is 0 Å². The molecule has 0 aromatic heterocycles. The van der Waals surface area contributed by atoms with E-state index in [-0.39, 0.29) is 12.5 Å². The van der Waals surface area contributed by atoms with Crippen LogP contribution in [-0.4, -0.2) is 87.5 Å². The van der Waals surface area contributed by atoms with Gasteiger partial charge in [-0.15, -0.1) is 0 Å². The number of carbonyl (C=O) groups excluding carboxylic acids is 1. The molecule has 7 atom stereocenters. The van der Waals surface area contributed by atoms with Gasteiger partial charge in [0.15, 0.2) is 6.29 Å². The molecule has 1 rings (SSSR count). The third-order valence-electron chi connectivity index (χ3n) is 10.5. The second-order valence-corrected chi connectivity index (χ2v) is 15.5. The van der Waals surface area contributed by atoms with E-state index in [0.29, 0.717) is 6.42 Å². The normalized spacial score (nSPS) is 21.8. The van der Waals surface area contributed by atoms with Gasteiger partial charge in [-0.05, 0) is 32.1 Å². The SMILES string of the molecule is CCCCCCCCCCCCCCCCC/C=C/CC/C=C/C(O)C(COC1OC(CO)C(O)C(O)C1O)NC(=O)CCCCCCCCCCC. The highest BCUT2D eigenvalue weighted by molar-refractivity contribution is 5.76. The van der Waals surface area contributed by atoms with E-state index in [0.717, 1.165) is 38.5 Å². The summed E-state index contributed by atoms with van der Waals surface area (Å²) in [6, 6.07) is -0.815. The first kappa shape index (κ1) is 49.7. The predicted octanol–water partition coefficient (Wildman–Crippen LogP) is 8.72. The molecule has 1 amide bonds. The average Bonchev–Trinajstić information content (AvgIpc) is 3.16. The molecule has 7 unspecified atom stereocenters. The quantitative estimate of drug-likeness (QED) is 0.0275. The van der Waals surface area contributed by atoms with E-state index in [4.69, 9.17) is 9.47 Å². The molecule has 6 N–H and O–H groups in total. The number of nitrogens with one attached hydrogen (secondary N) is 1. The van der Waals surface area contributed by atoms with Crippen molar-refractivity contribution in [3.05, 3.63) is 24.3 Å². The lowest BCUT2D eigenvalue weighted by molar-refractivity contribution is -0.302. The second-order valence-electron chi connectivity index (χ2n) is 15.5. The van der Waals surface area contributed by atoms with Crippen LogP contribution in [0, 0.1) is 0 Å². The van der Waals surface area contributed by atoms with Gasteiger partial charge in [-0.1, -0.05) is 179 Å². The molecule has 1 aliphatic rings. The van der Waals surface area contributed by atoms with Crippen LogP contribution in [0.3, 0.4) is 0 Å². The Balaban J connectivity index is 2.35. The summed E-state index contributed by atoms with van der Waals surface area (Å²) in [6.07, 6.45) is 33.8. The van der Waals surface area contributed by atoms with Crippen LogP contribution in [0.1, 0.15) is 194 Å². The minimum Gasteiger partial charge on any atom is -0.394 e. The fourth-order valence-electron chi connectivity index (χ4n) is 6.94. The molecule has 1 aliphatic heterocycles. The standard InChI is InChI=1S/C44H83NO8/c1-3-5-7-9-11-13-14-15-16-17-18-19-20-21-22-23-24-26-27-29-31-33-38(47)37(36-52-44-43(51)42(50)41(49)39(35-46)53-44)45-40(48)34-32-30-28-25-12-10-8-6-4-2/h24,26,31,33,37-39,41-44,46-47,49-51H,3-23,25,27-30,32,34-36H2,1-2H3,(H,45,48)/b26-24+,33-31+. The van der Waals surface area contributed by atoms with Gasteiger partial charge in [-0.3, -0.25) is 4.79 Å². The number of allylic oxidation sites excluding steroid dienone is 3. The molecule has 0 saturated carbocycles. The smallest absolute Gasteiger partial charge is 0.220 e. The van der Waals surface area contributed by atoms with Crippen molar-refractivity contribution >= 4 is 5.91 Å². The van der Waals surface area contributed by atoms with Crippen molar-refractivity contribution in [3.8, 4) is 0 Å². The molecular weight excluding hydrogens is 670 g/mol. The Hall–Kier alpha value is -1.33. The Bertz CT molecular complexity index is 883. The van der Waals surface area contributed by atoms with Crippen LogP contribution in [0.4, 0.5) is 0 Å². The first-order chi connectivity index (χ1) is 25.8. The molecule has 1 heterocycles. The first-order valence-electron chi connectivity index (χ1n) is 22.1. The number of aliphatic hydroxyl groups excluding tert-OH is 5. The Morgan fingerprint density at radius 3 is 1.58 bits per heavy atom. The summed E-state index contributed by atoms with van der Waals surface area (Å²) >= 11 is 0. The van der Waals surface area contributed by atoms with Crippen LogP contribution in [0.2, 0.25) is 0 Å². The highest BCUT2D eigenvalue weighted by Gasteiger charge is 2.44. The molecule has 9 nitrogen and oxygen atoms in total. The van der Waals surface area contributed by atoms with Gasteiger partial charge >= 0.3 is 0 Å². The Kier molecular flexibility index (Phi) is 32.9. The average molecular weight is 754 g/mol. The zero-order chi connectivity index (χ0) is 38.8. The van der Waals surface area contributed by atoms with Crippen molar-refractivity contribution in [1.29, 1.82) is 0 Å². The van der Waals surface area contributed by atoms with Crippen molar-refractivity contribution < 1.29 is 39.8 Å². The summed E-state index contributed by atoms with van der Waals surface area (Å²) in [5, 5.41) is 54.0. The monoisotopic (exact) mass is 754 g/mol. The van der Waals surface area contributed by atoms with Crippen LogP contribution in [-0.2, 0) is 14.3 Å². The second kappa shape index (κ2) is 35.1. The zero-order valence-corrected chi connectivity index (χ0v) is 34.0. The van der Waals surface area contributed by atoms with Gasteiger partial charge in [0, 0.05) is 6.42 Å². The number of amides is 1. The molecule has 1 fully saturated rings. The van der Waals surface area contributed by atoms with E-state index in [2.05, 4.69) is 31.3 Å². The van der Waals surface area contributed by atoms with E-state index in [1.54, 1.807) is 6.08 Å². The number of carbonyl (C=O) groups is 1. The van der Waals surface area contributed by atoms with Crippen molar-refractivity contribution in [3.63, 3.8) is 0 Å². The molecule has 0 bridgehead atoms. The maximum absolute atomic E-state index is 12.8. The third kappa shape index (κ3) is 26.2. The van der Waals surface area contributed by atoms with E-state index < -0.39 is 49.5 Å². The number of hydrogen-bond acceptors (Lipinski definition) is 8. The number of rotatable bonds is 36. The summed E-state index contributed by atoms with van der Waals surface area (Å²) in [5.74, 6) is -0.190. The molecule has 0 spiro atoms. The summed E-state index contributed by atoms with van der Waals surface area (Å²) in [5.41, 5.74) is 0. The number of ether oxygens (including phenoxy) is 2. The lowest BCUT2D eigenvalue weighted by Gasteiger charge is -2.40. The minimum atomic E-state index is -1.57. The molecule has 0 aromatic carbocycles. The predicted molar refractivity (Wildman–Crippen MR) is 217 cm³/mol. The third-order valence-corrected chi connectivity index (χ3v) is 10.5. The highest BCUT2D eigenvalue weighted by Crippen LogP contribution is 2.22. The summed E-state index contributed by atoms with van der Waals surface area (Å²) in [6.45, 7) is 3.73. The fourth-order valence-corrected chi connectivity index (χ4v) is 6.94. The van der Waals surface area contributed by atoms with Gasteiger partial charge in [0.1, 0.15) is 24.4 Å². The van der Waals surface area contributed by atoms with Crippen LogP contribution in [0.25, 0.3) is 0 Å². The number of aliphatic hydroxyl groups is 5. The summed E-state index contributed by atoms with van der Waals surface area (Å²) < 4.78 is 11.2. The van der Waals surface area contributed by atoms with Gasteiger partial charge in [0.05, 0.1) is 25.4 Å². The molecule has 1 saturated heterocycles. The van der Waals surface area contributed by atoms with Gasteiger partial charge < -0.3 is 40.3 Å². The van der Waals surface area contributed by atoms with Crippen molar-refractivity contribution in [2.24, 2.45) is 0 Å². The fraction of sp³-hybridized carbons (Fsp3) is 0.886. The Labute approximate surface area is 324 Å². The van der Waals surface area contributed by atoms with Crippen LogP contribution >= 0.6 is 0 Å². The van der Waals surface area contributed by atoms with E-state index >= 15 is 0 Å². The largest absolute Gasteiger partial charge is 0.394 e. The van der Waals surface area contributed by atoms with Crippen LogP contribution in [0.15, 0.2) is 24.3 Å². The summed E-state index contributed by atoms with van der Waals surface area (Å²) in [4.78, 5) is 12.8. The number of hydrogen-bond donors (Lipinski definition) is 6. The first-order valence-corrected chi connectivity index (χ1v) is 22.1. The Morgan fingerprint density at radius 1 is 0.623 bits per heavy atom. The highest BCUT2D eigenvalue weighted by atomic mass is 16.7. The maximum Gasteiger partial charge on any atom is 0.220 e. The van der Waals surface area contributed by atoms with Crippen LogP contribution in [0.5, 0.6) is 0 Å². The van der Waals surface area contributed by atoms with Crippen molar-refractivity contribution in [2.45, 2.75) is 236 Å². The molecule has 312 valence electrons. The topological polar surface area (TPSA) is 149 Å². The molecule has 0 aliphatic carbocycles. The molecule has 0 aromatic rings. The van der Waals surface area contributed by atoms with E-state index in [1.165, 1.54) is 135 Å². The minimum absolute atomic E-state index is 0.190. The molecule has 53 heavy (non-hydrogen) atoms. The van der Waals surface area contributed by atoms with Gasteiger partial charge in [0.2, 0.25) is 5.91 Å². The molecular formula is C44H83NO8. The van der Waals surface area contributed by atoms with Gasteiger partial charge in [-0.25, -0.2) is 0 Å². The summed E-state index contributed by atoms with van der Waals surface area (Å²) in [7, 11) is 0. The molecule has 0 radical (unpaired) electrons. The lowest BCUT2D eigenvalue weighted by atomic mass is 9.99. The van der Waals surface area contributed by atoms with Gasteiger partial charge in [0.25, 0.3) is 0 Å². The zero-order valence-electron chi connectivity index (χ0n) is 34.0. The van der Waals surface area contributed by atoms with Crippen molar-refractivity contribution in [1.82, 2.24) is 5.32 Å². The van der Waals surface area contributed by atoms with E-state index in [1.807, 2.05) is 6.08 Å².